The highest BCUT2D eigenvalue weighted by Crippen LogP contribution is 2.64. The zero-order valence-electron chi connectivity index (χ0n) is 15.3. The van der Waals surface area contributed by atoms with Crippen LogP contribution < -0.4 is 4.90 Å². The summed E-state index contributed by atoms with van der Waals surface area (Å²) in [6.45, 7) is 1.20. The monoisotopic (exact) mass is 402 g/mol. The summed E-state index contributed by atoms with van der Waals surface area (Å²) in [6, 6.07) is 4.58. The van der Waals surface area contributed by atoms with Gasteiger partial charge in [0, 0.05) is 43.2 Å². The second-order valence-electron chi connectivity index (χ2n) is 7.54. The van der Waals surface area contributed by atoms with Crippen LogP contribution in [0, 0.1) is 5.41 Å². The SMILES string of the molecule is FC(F)(F)c1ccnc(N2CCC3(CC2)C[C@H]3c2nc(-c3cccnc3)no2)n1. The highest BCUT2D eigenvalue weighted by Gasteiger charge is 2.58. The molecule has 0 unspecified atom stereocenters. The third kappa shape index (κ3) is 3.32. The largest absolute Gasteiger partial charge is 0.433 e. The lowest BCUT2D eigenvalue weighted by atomic mass is 9.91. The van der Waals surface area contributed by atoms with E-state index >= 15 is 0 Å². The van der Waals surface area contributed by atoms with E-state index in [9.17, 15) is 13.2 Å². The highest BCUT2D eigenvalue weighted by atomic mass is 19.4. The molecule has 29 heavy (non-hydrogen) atoms. The molecule has 2 aliphatic rings. The van der Waals surface area contributed by atoms with Gasteiger partial charge in [0.2, 0.25) is 17.7 Å². The van der Waals surface area contributed by atoms with E-state index in [-0.39, 0.29) is 17.3 Å². The first-order valence-corrected chi connectivity index (χ1v) is 9.34. The van der Waals surface area contributed by atoms with Gasteiger partial charge >= 0.3 is 6.18 Å². The summed E-state index contributed by atoms with van der Waals surface area (Å²) in [7, 11) is 0. The van der Waals surface area contributed by atoms with Crippen LogP contribution in [0.3, 0.4) is 0 Å². The van der Waals surface area contributed by atoms with Crippen LogP contribution in [0.25, 0.3) is 11.4 Å². The Morgan fingerprint density at radius 1 is 1.10 bits per heavy atom. The van der Waals surface area contributed by atoms with Gasteiger partial charge in [-0.2, -0.15) is 18.2 Å². The molecule has 0 radical (unpaired) electrons. The summed E-state index contributed by atoms with van der Waals surface area (Å²) in [6.07, 6.45) is 2.64. The third-order valence-electron chi connectivity index (χ3n) is 5.82. The lowest BCUT2D eigenvalue weighted by molar-refractivity contribution is -0.141. The van der Waals surface area contributed by atoms with Crippen LogP contribution in [0.2, 0.25) is 0 Å². The van der Waals surface area contributed by atoms with Crippen LogP contribution >= 0.6 is 0 Å². The summed E-state index contributed by atoms with van der Waals surface area (Å²) in [4.78, 5) is 18.1. The molecule has 7 nitrogen and oxygen atoms in total. The van der Waals surface area contributed by atoms with Gasteiger partial charge in [-0.05, 0) is 42.9 Å². The quantitative estimate of drug-likeness (QED) is 0.661. The Morgan fingerprint density at radius 3 is 2.66 bits per heavy atom. The summed E-state index contributed by atoms with van der Waals surface area (Å²) in [5, 5.41) is 4.06. The van der Waals surface area contributed by atoms with Crippen LogP contribution in [0.15, 0.2) is 41.3 Å². The van der Waals surface area contributed by atoms with Gasteiger partial charge in [-0.25, -0.2) is 9.97 Å². The summed E-state index contributed by atoms with van der Waals surface area (Å²) < 4.78 is 44.2. The number of piperidine rings is 1. The first kappa shape index (κ1) is 18.0. The Kier molecular flexibility index (Phi) is 4.04. The molecule has 3 aromatic heterocycles. The third-order valence-corrected chi connectivity index (χ3v) is 5.82. The van der Waals surface area contributed by atoms with Crippen molar-refractivity contribution >= 4 is 5.95 Å². The van der Waals surface area contributed by atoms with Gasteiger partial charge in [0.15, 0.2) is 0 Å². The number of halogens is 3. The van der Waals surface area contributed by atoms with Crippen molar-refractivity contribution in [3.05, 3.63) is 48.4 Å². The molecule has 1 saturated carbocycles. The number of nitrogens with zero attached hydrogens (tertiary/aromatic N) is 6. The fourth-order valence-electron chi connectivity index (χ4n) is 4.05. The van der Waals surface area contributed by atoms with Crippen molar-refractivity contribution in [3.63, 3.8) is 0 Å². The maximum Gasteiger partial charge on any atom is 0.433 e. The Balaban J connectivity index is 1.26. The lowest BCUT2D eigenvalue weighted by Gasteiger charge is -2.32. The molecule has 0 amide bonds. The van der Waals surface area contributed by atoms with Crippen molar-refractivity contribution in [3.8, 4) is 11.4 Å². The van der Waals surface area contributed by atoms with E-state index in [1.54, 1.807) is 12.4 Å². The topological polar surface area (TPSA) is 80.8 Å². The molecule has 5 rings (SSSR count). The minimum absolute atomic E-state index is 0.0663. The Labute approximate surface area is 164 Å². The van der Waals surface area contributed by atoms with E-state index in [1.807, 2.05) is 17.0 Å². The van der Waals surface area contributed by atoms with Crippen molar-refractivity contribution in [2.24, 2.45) is 5.41 Å². The molecule has 1 atom stereocenters. The molecule has 0 N–H and O–H groups in total. The first-order chi connectivity index (χ1) is 13.9. The zero-order valence-corrected chi connectivity index (χ0v) is 15.3. The second kappa shape index (κ2) is 6.50. The maximum absolute atomic E-state index is 12.9. The van der Waals surface area contributed by atoms with E-state index in [4.69, 9.17) is 4.52 Å². The second-order valence-corrected chi connectivity index (χ2v) is 7.54. The fraction of sp³-hybridized carbons (Fsp3) is 0.421. The van der Waals surface area contributed by atoms with Gasteiger partial charge < -0.3 is 9.42 Å². The Morgan fingerprint density at radius 2 is 1.93 bits per heavy atom. The van der Waals surface area contributed by atoms with Crippen LogP contribution in [-0.4, -0.2) is 38.2 Å². The summed E-state index contributed by atoms with van der Waals surface area (Å²) in [5.74, 6) is 1.45. The Bertz CT molecular complexity index is 1010. The molecule has 0 aromatic carbocycles. The molecule has 4 heterocycles. The fourth-order valence-corrected chi connectivity index (χ4v) is 4.05. The van der Waals surface area contributed by atoms with E-state index in [1.165, 1.54) is 0 Å². The van der Waals surface area contributed by atoms with Gasteiger partial charge in [0.25, 0.3) is 0 Å². The van der Waals surface area contributed by atoms with Gasteiger partial charge in [-0.15, -0.1) is 0 Å². The minimum atomic E-state index is -4.47. The number of alkyl halides is 3. The molecular formula is C19H17F3N6O. The molecule has 2 fully saturated rings. The van der Waals surface area contributed by atoms with Crippen molar-refractivity contribution in [2.45, 2.75) is 31.4 Å². The van der Waals surface area contributed by atoms with Crippen LogP contribution in [-0.2, 0) is 6.18 Å². The molecule has 1 spiro atoms. The number of aromatic nitrogens is 5. The summed E-state index contributed by atoms with van der Waals surface area (Å²) >= 11 is 0. The molecule has 1 aliphatic heterocycles. The van der Waals surface area contributed by atoms with Gasteiger partial charge in [-0.1, -0.05) is 5.16 Å². The Hall–Kier alpha value is -3.04. The summed E-state index contributed by atoms with van der Waals surface area (Å²) in [5.41, 5.74) is -0.0498. The standard InChI is InChI=1S/C19H17F3N6O/c20-19(21,22)14-3-7-24-17(25-14)28-8-4-18(5-9-28)10-13(18)16-26-15(27-29-16)12-2-1-6-23-11-12/h1-3,6-7,11,13H,4-5,8-10H2/t13-/m0/s1. The van der Waals surface area contributed by atoms with Gasteiger partial charge in [-0.3, -0.25) is 4.98 Å². The molecule has 1 saturated heterocycles. The number of hydrogen-bond acceptors (Lipinski definition) is 7. The minimum Gasteiger partial charge on any atom is -0.341 e. The van der Waals surface area contributed by atoms with Gasteiger partial charge in [0.1, 0.15) is 5.69 Å². The number of anilines is 1. The van der Waals surface area contributed by atoms with E-state index < -0.39 is 11.9 Å². The normalized spacial score (nSPS) is 20.8. The van der Waals surface area contributed by atoms with Gasteiger partial charge in [0.05, 0.1) is 0 Å². The predicted octanol–water partition coefficient (Wildman–Crippen LogP) is 3.71. The van der Waals surface area contributed by atoms with Crippen molar-refractivity contribution in [1.29, 1.82) is 0 Å². The van der Waals surface area contributed by atoms with E-state index in [2.05, 4.69) is 25.1 Å². The maximum atomic E-state index is 12.9. The van der Waals surface area contributed by atoms with Crippen LogP contribution in [0.5, 0.6) is 0 Å². The molecule has 1 aliphatic carbocycles. The van der Waals surface area contributed by atoms with Crippen LogP contribution in [0.1, 0.15) is 36.8 Å². The smallest absolute Gasteiger partial charge is 0.341 e. The zero-order chi connectivity index (χ0) is 20.1. The molecule has 0 bridgehead atoms. The number of pyridine rings is 1. The lowest BCUT2D eigenvalue weighted by Crippen LogP contribution is -2.36. The highest BCUT2D eigenvalue weighted by molar-refractivity contribution is 5.52. The number of hydrogen-bond donors (Lipinski definition) is 0. The average Bonchev–Trinajstić information content (AvgIpc) is 3.20. The molecular weight excluding hydrogens is 385 g/mol. The van der Waals surface area contributed by atoms with Crippen LogP contribution in [0.4, 0.5) is 19.1 Å². The molecule has 3 aromatic rings. The average molecular weight is 402 g/mol. The molecule has 150 valence electrons. The number of rotatable bonds is 3. The first-order valence-electron chi connectivity index (χ1n) is 9.34. The van der Waals surface area contributed by atoms with E-state index in [0.717, 1.165) is 37.1 Å². The van der Waals surface area contributed by atoms with Crippen molar-refractivity contribution in [1.82, 2.24) is 25.1 Å². The van der Waals surface area contributed by atoms with Crippen molar-refractivity contribution in [2.75, 3.05) is 18.0 Å². The predicted molar refractivity (Wildman–Crippen MR) is 95.8 cm³/mol. The van der Waals surface area contributed by atoms with Crippen molar-refractivity contribution < 1.29 is 17.7 Å². The molecule has 10 heteroatoms. The van der Waals surface area contributed by atoms with E-state index in [0.29, 0.717) is 24.8 Å².